The summed E-state index contributed by atoms with van der Waals surface area (Å²) in [6.07, 6.45) is 2.08. The van der Waals surface area contributed by atoms with Gasteiger partial charge in [0.25, 0.3) is 0 Å². The molecule has 0 spiro atoms. The third kappa shape index (κ3) is 3.03. The van der Waals surface area contributed by atoms with Gasteiger partial charge in [0.1, 0.15) is 0 Å². The van der Waals surface area contributed by atoms with Crippen LogP contribution in [0.25, 0.3) is 11.1 Å². The highest BCUT2D eigenvalue weighted by molar-refractivity contribution is 7.98. The van der Waals surface area contributed by atoms with E-state index in [4.69, 9.17) is 18.0 Å². The molecule has 0 aliphatic rings. The van der Waals surface area contributed by atoms with E-state index in [0.29, 0.717) is 0 Å². The number of benzene rings is 2. The normalized spacial score (nSPS) is 10.1. The molecule has 0 radical (unpaired) electrons. The summed E-state index contributed by atoms with van der Waals surface area (Å²) in [4.78, 5) is 1.27. The summed E-state index contributed by atoms with van der Waals surface area (Å²) in [6, 6.07) is 16.4. The van der Waals surface area contributed by atoms with E-state index >= 15 is 0 Å². The SMILES string of the molecule is CSc1ccccc1-c1ccc(NC(N)=S)cc1. The Kier molecular flexibility index (Phi) is 4.23. The minimum atomic E-state index is 0.285. The van der Waals surface area contributed by atoms with Crippen molar-refractivity contribution >= 4 is 34.8 Å². The topological polar surface area (TPSA) is 38.0 Å². The lowest BCUT2D eigenvalue weighted by Crippen LogP contribution is -2.18. The summed E-state index contributed by atoms with van der Waals surface area (Å²) >= 11 is 6.56. The molecule has 92 valence electrons. The van der Waals surface area contributed by atoms with Crippen molar-refractivity contribution in [2.24, 2.45) is 5.73 Å². The number of hydrogen-bond acceptors (Lipinski definition) is 2. The van der Waals surface area contributed by atoms with Crippen molar-refractivity contribution in [3.8, 4) is 11.1 Å². The highest BCUT2D eigenvalue weighted by atomic mass is 32.2. The van der Waals surface area contributed by atoms with Crippen molar-refractivity contribution in [2.45, 2.75) is 4.90 Å². The Morgan fingerprint density at radius 2 is 1.78 bits per heavy atom. The first-order valence-electron chi connectivity index (χ1n) is 5.50. The van der Waals surface area contributed by atoms with E-state index in [-0.39, 0.29) is 5.11 Å². The van der Waals surface area contributed by atoms with Crippen molar-refractivity contribution in [2.75, 3.05) is 11.6 Å². The summed E-state index contributed by atoms with van der Waals surface area (Å²) in [7, 11) is 0. The fourth-order valence-corrected chi connectivity index (χ4v) is 2.50. The Bertz CT molecular complexity index is 550. The lowest BCUT2D eigenvalue weighted by atomic mass is 10.1. The second kappa shape index (κ2) is 5.89. The van der Waals surface area contributed by atoms with Gasteiger partial charge in [-0.25, -0.2) is 0 Å². The zero-order chi connectivity index (χ0) is 13.0. The predicted octanol–water partition coefficient (Wildman–Crippen LogP) is 3.73. The maximum Gasteiger partial charge on any atom is 0.168 e. The fraction of sp³-hybridized carbons (Fsp3) is 0.0714. The molecule has 2 rings (SSSR count). The summed E-state index contributed by atoms with van der Waals surface area (Å²) in [5.74, 6) is 0. The molecule has 0 bridgehead atoms. The van der Waals surface area contributed by atoms with Gasteiger partial charge in [0.15, 0.2) is 5.11 Å². The second-order valence-electron chi connectivity index (χ2n) is 3.77. The van der Waals surface area contributed by atoms with Crippen LogP contribution in [0.1, 0.15) is 0 Å². The van der Waals surface area contributed by atoms with Crippen LogP contribution in [0.2, 0.25) is 0 Å². The number of nitrogens with one attached hydrogen (secondary N) is 1. The summed E-state index contributed by atoms with van der Waals surface area (Å²) in [6.45, 7) is 0. The Morgan fingerprint density at radius 1 is 1.11 bits per heavy atom. The lowest BCUT2D eigenvalue weighted by molar-refractivity contribution is 1.45. The highest BCUT2D eigenvalue weighted by Gasteiger charge is 2.03. The van der Waals surface area contributed by atoms with Crippen LogP contribution in [0.15, 0.2) is 53.4 Å². The molecule has 0 fully saturated rings. The lowest BCUT2D eigenvalue weighted by Gasteiger charge is -2.09. The third-order valence-electron chi connectivity index (χ3n) is 2.57. The molecule has 0 heterocycles. The van der Waals surface area contributed by atoms with Gasteiger partial charge in [-0.3, -0.25) is 0 Å². The van der Waals surface area contributed by atoms with Gasteiger partial charge in [-0.2, -0.15) is 0 Å². The minimum Gasteiger partial charge on any atom is -0.376 e. The molecule has 3 N–H and O–H groups in total. The van der Waals surface area contributed by atoms with E-state index in [0.717, 1.165) is 5.69 Å². The molecule has 0 saturated carbocycles. The standard InChI is InChI=1S/C14H14N2S2/c1-18-13-5-3-2-4-12(13)10-6-8-11(9-7-10)16-14(15)17/h2-9H,1H3,(H3,15,16,17). The van der Waals surface area contributed by atoms with E-state index in [1.165, 1.54) is 16.0 Å². The van der Waals surface area contributed by atoms with Gasteiger partial charge >= 0.3 is 0 Å². The van der Waals surface area contributed by atoms with E-state index in [9.17, 15) is 0 Å². The molecule has 2 nitrogen and oxygen atoms in total. The Balaban J connectivity index is 2.31. The van der Waals surface area contributed by atoms with Crippen molar-refractivity contribution < 1.29 is 0 Å². The maximum absolute atomic E-state index is 5.44. The van der Waals surface area contributed by atoms with Crippen LogP contribution in [0.4, 0.5) is 5.69 Å². The zero-order valence-electron chi connectivity index (χ0n) is 10.0. The van der Waals surface area contributed by atoms with Crippen molar-refractivity contribution in [1.82, 2.24) is 0 Å². The van der Waals surface area contributed by atoms with Crippen LogP contribution in [0.5, 0.6) is 0 Å². The average Bonchev–Trinajstić information content (AvgIpc) is 2.39. The summed E-state index contributed by atoms with van der Waals surface area (Å²) in [5, 5.41) is 3.20. The summed E-state index contributed by atoms with van der Waals surface area (Å²) < 4.78 is 0. The molecule has 0 unspecified atom stereocenters. The van der Waals surface area contributed by atoms with Gasteiger partial charge in [-0.05, 0) is 47.8 Å². The maximum atomic E-state index is 5.44. The first-order chi connectivity index (χ1) is 8.70. The quantitative estimate of drug-likeness (QED) is 0.660. The second-order valence-corrected chi connectivity index (χ2v) is 5.05. The first kappa shape index (κ1) is 12.9. The average molecular weight is 274 g/mol. The molecule has 4 heteroatoms. The largest absolute Gasteiger partial charge is 0.376 e. The van der Waals surface area contributed by atoms with Gasteiger partial charge < -0.3 is 11.1 Å². The van der Waals surface area contributed by atoms with Crippen LogP contribution in [0.3, 0.4) is 0 Å². The molecule has 2 aromatic carbocycles. The number of thiocarbonyl (C=S) groups is 1. The molecule has 18 heavy (non-hydrogen) atoms. The fourth-order valence-electron chi connectivity index (χ4n) is 1.76. The van der Waals surface area contributed by atoms with Crippen LogP contribution in [-0.2, 0) is 0 Å². The van der Waals surface area contributed by atoms with Crippen molar-refractivity contribution in [3.05, 3.63) is 48.5 Å². The molecule has 2 aromatic rings. The van der Waals surface area contributed by atoms with Gasteiger partial charge in [0.05, 0.1) is 0 Å². The Labute approximate surface area is 117 Å². The number of rotatable bonds is 3. The summed E-state index contributed by atoms with van der Waals surface area (Å²) in [5.41, 5.74) is 8.78. The number of hydrogen-bond donors (Lipinski definition) is 2. The molecule has 0 aromatic heterocycles. The van der Waals surface area contributed by atoms with Crippen molar-refractivity contribution in [3.63, 3.8) is 0 Å². The minimum absolute atomic E-state index is 0.285. The van der Waals surface area contributed by atoms with Crippen LogP contribution in [-0.4, -0.2) is 11.4 Å². The van der Waals surface area contributed by atoms with E-state index in [2.05, 4.69) is 48.0 Å². The van der Waals surface area contributed by atoms with Crippen molar-refractivity contribution in [1.29, 1.82) is 0 Å². The highest BCUT2D eigenvalue weighted by Crippen LogP contribution is 2.30. The van der Waals surface area contributed by atoms with E-state index in [1.54, 1.807) is 11.8 Å². The molecule has 0 saturated heterocycles. The number of thioether (sulfide) groups is 1. The van der Waals surface area contributed by atoms with Gasteiger partial charge in [0, 0.05) is 10.6 Å². The van der Waals surface area contributed by atoms with E-state index < -0.39 is 0 Å². The molecular weight excluding hydrogens is 260 g/mol. The number of nitrogens with two attached hydrogens (primary N) is 1. The monoisotopic (exact) mass is 274 g/mol. The van der Waals surface area contributed by atoms with Gasteiger partial charge in [-0.1, -0.05) is 30.3 Å². The molecule has 0 atom stereocenters. The number of anilines is 1. The van der Waals surface area contributed by atoms with Gasteiger partial charge in [0.2, 0.25) is 0 Å². The van der Waals surface area contributed by atoms with Crippen LogP contribution < -0.4 is 11.1 Å². The third-order valence-corrected chi connectivity index (χ3v) is 3.47. The first-order valence-corrected chi connectivity index (χ1v) is 7.14. The zero-order valence-corrected chi connectivity index (χ0v) is 11.6. The molecular formula is C14H14N2S2. The van der Waals surface area contributed by atoms with Crippen LogP contribution >= 0.6 is 24.0 Å². The molecule has 0 amide bonds. The molecule has 0 aliphatic heterocycles. The smallest absolute Gasteiger partial charge is 0.168 e. The van der Waals surface area contributed by atoms with Crippen LogP contribution in [0, 0.1) is 0 Å². The molecule has 0 aliphatic carbocycles. The Hall–Kier alpha value is -1.52. The Morgan fingerprint density at radius 3 is 2.39 bits per heavy atom. The predicted molar refractivity (Wildman–Crippen MR) is 84.1 cm³/mol. The van der Waals surface area contributed by atoms with Gasteiger partial charge in [-0.15, -0.1) is 11.8 Å². The van der Waals surface area contributed by atoms with E-state index in [1.807, 2.05) is 12.1 Å².